The summed E-state index contributed by atoms with van der Waals surface area (Å²) in [5, 5.41) is 0. The summed E-state index contributed by atoms with van der Waals surface area (Å²) in [5.74, 6) is -0.311. The van der Waals surface area contributed by atoms with Crippen LogP contribution in [0.2, 0.25) is 0 Å². The van der Waals surface area contributed by atoms with Gasteiger partial charge in [0, 0.05) is 0 Å². The Labute approximate surface area is 67.4 Å². The van der Waals surface area contributed by atoms with Crippen molar-refractivity contribution in [3.8, 4) is 0 Å². The molecule has 0 radical (unpaired) electrons. The van der Waals surface area contributed by atoms with Crippen molar-refractivity contribution in [1.29, 1.82) is 0 Å². The van der Waals surface area contributed by atoms with E-state index in [-0.39, 0.29) is 22.9 Å². The monoisotopic (exact) mass is 174 g/mol. The Balaban J connectivity index is 3.23. The summed E-state index contributed by atoms with van der Waals surface area (Å²) in [6.45, 7) is 0. The van der Waals surface area contributed by atoms with Crippen LogP contribution in [0.1, 0.15) is 12.0 Å². The van der Waals surface area contributed by atoms with Crippen molar-refractivity contribution in [1.82, 2.24) is 4.98 Å². The number of nitrogen functional groups attached to an aromatic ring is 3. The maximum atomic E-state index is 12.1. The Hall–Kier alpha value is -1.59. The molecule has 1 aromatic rings. The van der Waals surface area contributed by atoms with Gasteiger partial charge in [0.15, 0.2) is 0 Å². The van der Waals surface area contributed by atoms with Gasteiger partial charge in [-0.05, 0) is 6.07 Å². The van der Waals surface area contributed by atoms with E-state index in [1.807, 2.05) is 0 Å². The molecule has 0 aliphatic heterocycles. The standard InChI is InChI=1S/C6H8F2N4/c7-4(8)2-1-3(9)6(11)12-5(2)10/h1,4H,9H2,(H4,10,11,12). The molecule has 0 aliphatic carbocycles. The second-order valence-electron chi connectivity index (χ2n) is 2.24. The van der Waals surface area contributed by atoms with E-state index < -0.39 is 6.43 Å². The maximum Gasteiger partial charge on any atom is 0.267 e. The topological polar surface area (TPSA) is 91.0 Å². The molecule has 6 heteroatoms. The fourth-order valence-electron chi connectivity index (χ4n) is 0.749. The number of rotatable bonds is 1. The van der Waals surface area contributed by atoms with Gasteiger partial charge in [0.2, 0.25) is 0 Å². The first-order chi connectivity index (χ1) is 5.52. The normalized spacial score (nSPS) is 10.6. The Morgan fingerprint density at radius 1 is 1.17 bits per heavy atom. The van der Waals surface area contributed by atoms with Crippen molar-refractivity contribution in [3.05, 3.63) is 11.6 Å². The number of alkyl halides is 2. The molecule has 1 aromatic heterocycles. The minimum atomic E-state index is -2.68. The predicted octanol–water partition coefficient (Wildman–Crippen LogP) is 0.766. The summed E-state index contributed by atoms with van der Waals surface area (Å²) in [7, 11) is 0. The number of nitrogens with two attached hydrogens (primary N) is 3. The molecule has 1 heterocycles. The average Bonchev–Trinajstić information content (AvgIpc) is 1.96. The van der Waals surface area contributed by atoms with E-state index in [0.717, 1.165) is 6.07 Å². The van der Waals surface area contributed by atoms with E-state index in [9.17, 15) is 8.78 Å². The van der Waals surface area contributed by atoms with E-state index >= 15 is 0 Å². The number of halogens is 2. The highest BCUT2D eigenvalue weighted by atomic mass is 19.3. The zero-order chi connectivity index (χ0) is 9.30. The summed E-state index contributed by atoms with van der Waals surface area (Å²) in [4.78, 5) is 3.44. The van der Waals surface area contributed by atoms with Crippen LogP contribution in [0.25, 0.3) is 0 Å². The fraction of sp³-hybridized carbons (Fsp3) is 0.167. The van der Waals surface area contributed by atoms with Crippen LogP contribution in [-0.2, 0) is 0 Å². The van der Waals surface area contributed by atoms with Gasteiger partial charge in [-0.15, -0.1) is 0 Å². The molecular weight excluding hydrogens is 166 g/mol. The lowest BCUT2D eigenvalue weighted by molar-refractivity contribution is 0.152. The van der Waals surface area contributed by atoms with Gasteiger partial charge in [-0.25, -0.2) is 13.8 Å². The molecule has 0 saturated carbocycles. The zero-order valence-electron chi connectivity index (χ0n) is 6.09. The molecule has 0 saturated heterocycles. The molecule has 0 fully saturated rings. The number of aromatic nitrogens is 1. The second-order valence-corrected chi connectivity index (χ2v) is 2.24. The van der Waals surface area contributed by atoms with Crippen LogP contribution in [0.4, 0.5) is 26.1 Å². The van der Waals surface area contributed by atoms with Crippen molar-refractivity contribution < 1.29 is 8.78 Å². The van der Waals surface area contributed by atoms with Crippen LogP contribution in [0.5, 0.6) is 0 Å². The first kappa shape index (κ1) is 8.51. The number of pyridine rings is 1. The Bertz CT molecular complexity index is 300. The molecule has 6 N–H and O–H groups in total. The highest BCUT2D eigenvalue weighted by molar-refractivity contribution is 5.64. The summed E-state index contributed by atoms with van der Waals surface area (Å²) in [5.41, 5.74) is 15.3. The molecule has 0 bridgehead atoms. The largest absolute Gasteiger partial charge is 0.396 e. The quantitative estimate of drug-likeness (QED) is 0.586. The molecule has 0 spiro atoms. The van der Waals surface area contributed by atoms with Crippen molar-refractivity contribution in [2.24, 2.45) is 0 Å². The Kier molecular flexibility index (Phi) is 1.99. The highest BCUT2D eigenvalue weighted by Gasteiger charge is 2.13. The molecule has 4 nitrogen and oxygen atoms in total. The van der Waals surface area contributed by atoms with Crippen molar-refractivity contribution in [3.63, 3.8) is 0 Å². The molecule has 1 rings (SSSR count). The second kappa shape index (κ2) is 2.80. The Morgan fingerprint density at radius 2 is 1.75 bits per heavy atom. The third-order valence-corrected chi connectivity index (χ3v) is 1.38. The molecule has 12 heavy (non-hydrogen) atoms. The van der Waals surface area contributed by atoms with Crippen LogP contribution in [0, 0.1) is 0 Å². The molecule has 0 atom stereocenters. The number of nitrogens with zero attached hydrogens (tertiary/aromatic N) is 1. The first-order valence-electron chi connectivity index (χ1n) is 3.12. The van der Waals surface area contributed by atoms with E-state index in [0.29, 0.717) is 0 Å². The summed E-state index contributed by atoms with van der Waals surface area (Å²) in [6, 6.07) is 1.03. The first-order valence-corrected chi connectivity index (χ1v) is 3.12. The van der Waals surface area contributed by atoms with Crippen LogP contribution in [0.3, 0.4) is 0 Å². The Morgan fingerprint density at radius 3 is 2.25 bits per heavy atom. The predicted molar refractivity (Wildman–Crippen MR) is 42.4 cm³/mol. The molecule has 0 aromatic carbocycles. The molecule has 66 valence electrons. The molecule has 0 aliphatic rings. The molecular formula is C6H8F2N4. The SMILES string of the molecule is Nc1cc(C(F)F)c(N)nc1N. The van der Waals surface area contributed by atoms with Crippen molar-refractivity contribution in [2.75, 3.05) is 17.2 Å². The van der Waals surface area contributed by atoms with Crippen molar-refractivity contribution >= 4 is 17.3 Å². The van der Waals surface area contributed by atoms with E-state index in [1.165, 1.54) is 0 Å². The van der Waals surface area contributed by atoms with Gasteiger partial charge in [0.25, 0.3) is 6.43 Å². The van der Waals surface area contributed by atoms with Gasteiger partial charge in [-0.1, -0.05) is 0 Å². The van der Waals surface area contributed by atoms with Gasteiger partial charge in [-0.3, -0.25) is 0 Å². The minimum absolute atomic E-state index is 0.0134. The van der Waals surface area contributed by atoms with Gasteiger partial charge in [0.1, 0.15) is 11.6 Å². The van der Waals surface area contributed by atoms with Gasteiger partial charge in [0.05, 0.1) is 11.3 Å². The summed E-state index contributed by atoms with van der Waals surface area (Å²) >= 11 is 0. The third-order valence-electron chi connectivity index (χ3n) is 1.38. The number of hydrogen-bond acceptors (Lipinski definition) is 4. The average molecular weight is 174 g/mol. The van der Waals surface area contributed by atoms with Crippen molar-refractivity contribution in [2.45, 2.75) is 6.43 Å². The minimum Gasteiger partial charge on any atom is -0.396 e. The van der Waals surface area contributed by atoms with Gasteiger partial charge >= 0.3 is 0 Å². The smallest absolute Gasteiger partial charge is 0.267 e. The number of anilines is 3. The van der Waals surface area contributed by atoms with Crippen LogP contribution in [-0.4, -0.2) is 4.98 Å². The fourth-order valence-corrected chi connectivity index (χ4v) is 0.749. The van der Waals surface area contributed by atoms with E-state index in [4.69, 9.17) is 17.2 Å². The lowest BCUT2D eigenvalue weighted by atomic mass is 10.2. The lowest BCUT2D eigenvalue weighted by Crippen LogP contribution is -2.05. The lowest BCUT2D eigenvalue weighted by Gasteiger charge is -2.06. The van der Waals surface area contributed by atoms with Crippen LogP contribution >= 0.6 is 0 Å². The molecule has 0 unspecified atom stereocenters. The van der Waals surface area contributed by atoms with Crippen LogP contribution in [0.15, 0.2) is 6.07 Å². The van der Waals surface area contributed by atoms with Gasteiger partial charge < -0.3 is 17.2 Å². The van der Waals surface area contributed by atoms with Gasteiger partial charge in [-0.2, -0.15) is 0 Å². The zero-order valence-corrected chi connectivity index (χ0v) is 6.09. The highest BCUT2D eigenvalue weighted by Crippen LogP contribution is 2.27. The van der Waals surface area contributed by atoms with Crippen LogP contribution < -0.4 is 17.2 Å². The summed E-state index contributed by atoms with van der Waals surface area (Å²) in [6.07, 6.45) is -2.68. The summed E-state index contributed by atoms with van der Waals surface area (Å²) < 4.78 is 24.2. The maximum absolute atomic E-state index is 12.1. The molecule has 0 amide bonds. The number of hydrogen-bond donors (Lipinski definition) is 3. The van der Waals surface area contributed by atoms with E-state index in [1.54, 1.807) is 0 Å². The third kappa shape index (κ3) is 1.36. The van der Waals surface area contributed by atoms with E-state index in [2.05, 4.69) is 4.98 Å².